The molecule has 0 unspecified atom stereocenters. The molecule has 2 heteroatoms. The molecule has 0 aliphatic carbocycles. The summed E-state index contributed by atoms with van der Waals surface area (Å²) < 4.78 is 5.48. The Hall–Kier alpha value is -0.890. The van der Waals surface area contributed by atoms with Crippen LogP contribution in [0.15, 0.2) is 18.3 Å². The lowest BCUT2D eigenvalue weighted by molar-refractivity contribution is 0.0969. The third-order valence-corrected chi connectivity index (χ3v) is 1.69. The number of nitrogens with zero attached hydrogens (tertiary/aromatic N) is 1. The number of ether oxygens (including phenoxy) is 1. The van der Waals surface area contributed by atoms with E-state index in [0.717, 1.165) is 17.9 Å². The summed E-state index contributed by atoms with van der Waals surface area (Å²) in [7, 11) is 0. The molecule has 72 valence electrons. The molecule has 0 aliphatic rings. The fraction of sp³-hybridized carbons (Fsp3) is 0.545. The van der Waals surface area contributed by atoms with Crippen LogP contribution < -0.4 is 0 Å². The van der Waals surface area contributed by atoms with Crippen LogP contribution >= 0.6 is 0 Å². The number of rotatable bonds is 4. The maximum atomic E-state index is 5.48. The second kappa shape index (κ2) is 4.97. The summed E-state index contributed by atoms with van der Waals surface area (Å²) in [4.78, 5) is 4.20. The monoisotopic (exact) mass is 179 g/mol. The SMILES string of the molecule is Cc1ccc(COCC(C)C)cn1. The van der Waals surface area contributed by atoms with Gasteiger partial charge in [-0.15, -0.1) is 0 Å². The van der Waals surface area contributed by atoms with Gasteiger partial charge in [0.15, 0.2) is 0 Å². The van der Waals surface area contributed by atoms with E-state index in [2.05, 4.69) is 24.9 Å². The second-order valence-corrected chi connectivity index (χ2v) is 3.72. The van der Waals surface area contributed by atoms with Gasteiger partial charge in [-0.2, -0.15) is 0 Å². The van der Waals surface area contributed by atoms with Gasteiger partial charge < -0.3 is 4.74 Å². The van der Waals surface area contributed by atoms with Crippen molar-refractivity contribution >= 4 is 0 Å². The van der Waals surface area contributed by atoms with Gasteiger partial charge in [0.2, 0.25) is 0 Å². The van der Waals surface area contributed by atoms with Crippen molar-refractivity contribution in [2.75, 3.05) is 6.61 Å². The Morgan fingerprint density at radius 1 is 1.38 bits per heavy atom. The third kappa shape index (κ3) is 4.04. The minimum absolute atomic E-state index is 0.596. The van der Waals surface area contributed by atoms with Crippen LogP contribution in [0.1, 0.15) is 25.1 Å². The minimum atomic E-state index is 0.596. The predicted octanol–water partition coefficient (Wildman–Crippen LogP) is 2.56. The summed E-state index contributed by atoms with van der Waals surface area (Å²) in [6, 6.07) is 4.07. The zero-order chi connectivity index (χ0) is 9.68. The third-order valence-electron chi connectivity index (χ3n) is 1.69. The molecule has 0 radical (unpaired) electrons. The van der Waals surface area contributed by atoms with Gasteiger partial charge in [0, 0.05) is 18.5 Å². The summed E-state index contributed by atoms with van der Waals surface area (Å²) in [6.07, 6.45) is 1.87. The van der Waals surface area contributed by atoms with E-state index in [0.29, 0.717) is 12.5 Å². The largest absolute Gasteiger partial charge is 0.376 e. The van der Waals surface area contributed by atoms with E-state index in [-0.39, 0.29) is 0 Å². The summed E-state index contributed by atoms with van der Waals surface area (Å²) in [6.45, 7) is 7.76. The first-order valence-electron chi connectivity index (χ1n) is 4.68. The molecule has 0 spiro atoms. The van der Waals surface area contributed by atoms with Crippen molar-refractivity contribution in [2.24, 2.45) is 5.92 Å². The number of aryl methyl sites for hydroxylation is 1. The van der Waals surface area contributed by atoms with Crippen molar-refractivity contribution in [2.45, 2.75) is 27.4 Å². The molecule has 0 saturated carbocycles. The molecule has 0 aliphatic heterocycles. The van der Waals surface area contributed by atoms with Crippen molar-refractivity contribution in [3.63, 3.8) is 0 Å². The average Bonchev–Trinajstić information content (AvgIpc) is 2.08. The molecule has 1 rings (SSSR count). The van der Waals surface area contributed by atoms with Gasteiger partial charge >= 0.3 is 0 Å². The quantitative estimate of drug-likeness (QED) is 0.708. The molecule has 1 aromatic rings. The van der Waals surface area contributed by atoms with Crippen molar-refractivity contribution in [3.8, 4) is 0 Å². The highest BCUT2D eigenvalue weighted by molar-refractivity contribution is 5.11. The van der Waals surface area contributed by atoms with E-state index in [9.17, 15) is 0 Å². The van der Waals surface area contributed by atoms with Gasteiger partial charge in [-0.25, -0.2) is 0 Å². The average molecular weight is 179 g/mol. The van der Waals surface area contributed by atoms with Crippen LogP contribution in [0.2, 0.25) is 0 Å². The van der Waals surface area contributed by atoms with Crippen LogP contribution in [0.3, 0.4) is 0 Å². The summed E-state index contributed by atoms with van der Waals surface area (Å²) in [5.74, 6) is 0.596. The van der Waals surface area contributed by atoms with Crippen LogP contribution in [0, 0.1) is 12.8 Å². The summed E-state index contributed by atoms with van der Waals surface area (Å²) in [5, 5.41) is 0. The number of hydrogen-bond acceptors (Lipinski definition) is 2. The molecule has 0 amide bonds. The smallest absolute Gasteiger partial charge is 0.0731 e. The lowest BCUT2D eigenvalue weighted by Gasteiger charge is -2.06. The van der Waals surface area contributed by atoms with E-state index < -0.39 is 0 Å². The number of hydrogen-bond donors (Lipinski definition) is 0. The highest BCUT2D eigenvalue weighted by Gasteiger charge is 1.95. The van der Waals surface area contributed by atoms with Crippen LogP contribution in [0.5, 0.6) is 0 Å². The Bertz CT molecular complexity index is 241. The molecule has 0 aromatic carbocycles. The van der Waals surface area contributed by atoms with Crippen LogP contribution in [-0.2, 0) is 11.3 Å². The fourth-order valence-corrected chi connectivity index (χ4v) is 0.996. The molecule has 13 heavy (non-hydrogen) atoms. The van der Waals surface area contributed by atoms with Crippen LogP contribution in [-0.4, -0.2) is 11.6 Å². The lowest BCUT2D eigenvalue weighted by atomic mass is 10.2. The van der Waals surface area contributed by atoms with Crippen LogP contribution in [0.25, 0.3) is 0 Å². The molecule has 0 N–H and O–H groups in total. The Morgan fingerprint density at radius 2 is 2.15 bits per heavy atom. The fourth-order valence-electron chi connectivity index (χ4n) is 0.996. The first-order chi connectivity index (χ1) is 6.18. The van der Waals surface area contributed by atoms with Crippen LogP contribution in [0.4, 0.5) is 0 Å². The van der Waals surface area contributed by atoms with Gasteiger partial charge in [-0.1, -0.05) is 19.9 Å². The molecular weight excluding hydrogens is 162 g/mol. The van der Waals surface area contributed by atoms with E-state index >= 15 is 0 Å². The predicted molar refractivity (Wildman–Crippen MR) is 53.5 cm³/mol. The molecule has 0 bridgehead atoms. The standard InChI is InChI=1S/C11H17NO/c1-9(2)7-13-8-11-5-4-10(3)12-6-11/h4-6,9H,7-8H2,1-3H3. The van der Waals surface area contributed by atoms with E-state index in [1.54, 1.807) is 0 Å². The Labute approximate surface area is 80.0 Å². The first-order valence-corrected chi connectivity index (χ1v) is 4.68. The van der Waals surface area contributed by atoms with Crippen molar-refractivity contribution in [3.05, 3.63) is 29.6 Å². The molecular formula is C11H17NO. The van der Waals surface area contributed by atoms with Gasteiger partial charge in [-0.3, -0.25) is 4.98 Å². The van der Waals surface area contributed by atoms with E-state index in [1.807, 2.05) is 19.2 Å². The normalized spacial score (nSPS) is 10.8. The highest BCUT2D eigenvalue weighted by Crippen LogP contribution is 2.02. The van der Waals surface area contributed by atoms with Gasteiger partial charge in [-0.05, 0) is 24.5 Å². The van der Waals surface area contributed by atoms with Gasteiger partial charge in [0.25, 0.3) is 0 Å². The Kier molecular flexibility index (Phi) is 3.90. The highest BCUT2D eigenvalue weighted by atomic mass is 16.5. The maximum Gasteiger partial charge on any atom is 0.0731 e. The first kappa shape index (κ1) is 10.2. The maximum absolute atomic E-state index is 5.48. The lowest BCUT2D eigenvalue weighted by Crippen LogP contribution is -2.02. The Balaban J connectivity index is 2.33. The second-order valence-electron chi connectivity index (χ2n) is 3.72. The summed E-state index contributed by atoms with van der Waals surface area (Å²) >= 11 is 0. The van der Waals surface area contributed by atoms with Gasteiger partial charge in [0.05, 0.1) is 6.61 Å². The number of pyridine rings is 1. The zero-order valence-electron chi connectivity index (χ0n) is 8.58. The molecule has 0 atom stereocenters. The topological polar surface area (TPSA) is 22.1 Å². The molecule has 1 aromatic heterocycles. The molecule has 0 saturated heterocycles. The zero-order valence-corrected chi connectivity index (χ0v) is 8.58. The van der Waals surface area contributed by atoms with Crippen molar-refractivity contribution in [1.29, 1.82) is 0 Å². The van der Waals surface area contributed by atoms with Gasteiger partial charge in [0.1, 0.15) is 0 Å². The minimum Gasteiger partial charge on any atom is -0.376 e. The molecule has 1 heterocycles. The molecule has 2 nitrogen and oxygen atoms in total. The molecule has 0 fully saturated rings. The van der Waals surface area contributed by atoms with E-state index in [1.165, 1.54) is 0 Å². The Morgan fingerprint density at radius 3 is 2.69 bits per heavy atom. The summed E-state index contributed by atoms with van der Waals surface area (Å²) in [5.41, 5.74) is 2.19. The number of aromatic nitrogens is 1. The van der Waals surface area contributed by atoms with E-state index in [4.69, 9.17) is 4.74 Å². The van der Waals surface area contributed by atoms with Crippen molar-refractivity contribution in [1.82, 2.24) is 4.98 Å². The van der Waals surface area contributed by atoms with Crippen molar-refractivity contribution < 1.29 is 4.74 Å².